The van der Waals surface area contributed by atoms with E-state index >= 15 is 0 Å². The lowest BCUT2D eigenvalue weighted by Crippen LogP contribution is -2.19. The van der Waals surface area contributed by atoms with Crippen molar-refractivity contribution < 1.29 is 4.74 Å². The Morgan fingerprint density at radius 2 is 2.38 bits per heavy atom. The molecule has 0 aromatic carbocycles. The molecule has 0 aliphatic rings. The van der Waals surface area contributed by atoms with Gasteiger partial charge in [0.2, 0.25) is 0 Å². The van der Waals surface area contributed by atoms with Crippen molar-refractivity contribution >= 4 is 0 Å². The van der Waals surface area contributed by atoms with Gasteiger partial charge in [-0.2, -0.15) is 5.10 Å². The highest BCUT2D eigenvalue weighted by Gasteiger charge is 2.05. The largest absolute Gasteiger partial charge is 0.383 e. The Kier molecular flexibility index (Phi) is 6.11. The summed E-state index contributed by atoms with van der Waals surface area (Å²) in [6.45, 7) is 6.84. The average Bonchev–Trinajstić information content (AvgIpc) is 2.73. The molecule has 1 atom stereocenters. The molecule has 1 rings (SSSR count). The van der Waals surface area contributed by atoms with Gasteiger partial charge >= 0.3 is 0 Å². The van der Waals surface area contributed by atoms with Crippen molar-refractivity contribution in [1.29, 1.82) is 0 Å². The van der Waals surface area contributed by atoms with Crippen LogP contribution in [-0.2, 0) is 11.3 Å². The van der Waals surface area contributed by atoms with Gasteiger partial charge in [0.05, 0.1) is 12.3 Å². The molecule has 4 heteroatoms. The summed E-state index contributed by atoms with van der Waals surface area (Å²) in [6, 6.07) is 2.57. The Balaban J connectivity index is 2.33. The van der Waals surface area contributed by atoms with E-state index in [4.69, 9.17) is 4.74 Å². The summed E-state index contributed by atoms with van der Waals surface area (Å²) in [7, 11) is 1.71. The molecule has 0 fully saturated rings. The van der Waals surface area contributed by atoms with Crippen LogP contribution in [-0.4, -0.2) is 30.0 Å². The van der Waals surface area contributed by atoms with E-state index in [0.717, 1.165) is 25.4 Å². The molecule has 1 N–H and O–H groups in total. The normalized spacial score (nSPS) is 12.9. The maximum Gasteiger partial charge on any atom is 0.0762 e. The lowest BCUT2D eigenvalue weighted by atomic mass is 10.2. The highest BCUT2D eigenvalue weighted by atomic mass is 16.5. The van der Waals surface area contributed by atoms with Gasteiger partial charge in [0.15, 0.2) is 0 Å². The van der Waals surface area contributed by atoms with Crippen LogP contribution in [0.15, 0.2) is 12.3 Å². The standard InChI is InChI=1S/C12H23N3O/c1-4-5-11(2)15-8-6-12(14-15)10-13-7-9-16-3/h6,8,11,13H,4-5,7,9-10H2,1-3H3. The van der Waals surface area contributed by atoms with Crippen LogP contribution in [0.1, 0.15) is 38.4 Å². The summed E-state index contributed by atoms with van der Waals surface area (Å²) in [5, 5.41) is 7.83. The second kappa shape index (κ2) is 7.41. The molecule has 1 heterocycles. The van der Waals surface area contributed by atoms with Crippen LogP contribution >= 0.6 is 0 Å². The molecular formula is C12H23N3O. The Labute approximate surface area is 98.0 Å². The fourth-order valence-corrected chi connectivity index (χ4v) is 1.66. The topological polar surface area (TPSA) is 39.1 Å². The molecule has 0 bridgehead atoms. The van der Waals surface area contributed by atoms with Crippen LogP contribution in [0.5, 0.6) is 0 Å². The second-order valence-corrected chi connectivity index (χ2v) is 4.09. The smallest absolute Gasteiger partial charge is 0.0762 e. The van der Waals surface area contributed by atoms with Crippen molar-refractivity contribution in [2.45, 2.75) is 39.3 Å². The second-order valence-electron chi connectivity index (χ2n) is 4.09. The van der Waals surface area contributed by atoms with E-state index in [1.165, 1.54) is 12.8 Å². The van der Waals surface area contributed by atoms with E-state index in [1.807, 2.05) is 0 Å². The van der Waals surface area contributed by atoms with Gasteiger partial charge in [0.25, 0.3) is 0 Å². The Morgan fingerprint density at radius 1 is 1.56 bits per heavy atom. The van der Waals surface area contributed by atoms with Crippen LogP contribution < -0.4 is 5.32 Å². The molecular weight excluding hydrogens is 202 g/mol. The van der Waals surface area contributed by atoms with E-state index < -0.39 is 0 Å². The van der Waals surface area contributed by atoms with E-state index in [2.05, 4.69) is 41.2 Å². The van der Waals surface area contributed by atoms with Crippen LogP contribution in [0.3, 0.4) is 0 Å². The average molecular weight is 225 g/mol. The number of aromatic nitrogens is 2. The zero-order valence-electron chi connectivity index (χ0n) is 10.6. The summed E-state index contributed by atoms with van der Waals surface area (Å²) >= 11 is 0. The third kappa shape index (κ3) is 4.33. The van der Waals surface area contributed by atoms with Crippen molar-refractivity contribution in [1.82, 2.24) is 15.1 Å². The Hall–Kier alpha value is -0.870. The van der Waals surface area contributed by atoms with Gasteiger partial charge in [-0.05, 0) is 19.4 Å². The Bertz CT molecular complexity index is 286. The van der Waals surface area contributed by atoms with Gasteiger partial charge < -0.3 is 10.1 Å². The number of nitrogens with zero attached hydrogens (tertiary/aromatic N) is 2. The quantitative estimate of drug-likeness (QED) is 0.688. The highest BCUT2D eigenvalue weighted by molar-refractivity contribution is 4.99. The molecule has 0 aliphatic heterocycles. The first-order chi connectivity index (χ1) is 7.77. The van der Waals surface area contributed by atoms with E-state index in [0.29, 0.717) is 6.04 Å². The number of rotatable bonds is 8. The first-order valence-corrected chi connectivity index (χ1v) is 6.01. The molecule has 0 saturated carbocycles. The number of nitrogens with one attached hydrogen (secondary N) is 1. The third-order valence-electron chi connectivity index (χ3n) is 2.61. The minimum atomic E-state index is 0.498. The zero-order chi connectivity index (χ0) is 11.8. The minimum Gasteiger partial charge on any atom is -0.383 e. The fourth-order valence-electron chi connectivity index (χ4n) is 1.66. The summed E-state index contributed by atoms with van der Waals surface area (Å²) in [5.41, 5.74) is 1.10. The first kappa shape index (κ1) is 13.2. The molecule has 1 aromatic heterocycles. The van der Waals surface area contributed by atoms with Crippen LogP contribution in [0.25, 0.3) is 0 Å². The molecule has 4 nitrogen and oxygen atoms in total. The molecule has 0 spiro atoms. The fraction of sp³-hybridized carbons (Fsp3) is 0.750. The van der Waals surface area contributed by atoms with Crippen molar-refractivity contribution in [2.75, 3.05) is 20.3 Å². The monoisotopic (exact) mass is 225 g/mol. The lowest BCUT2D eigenvalue weighted by Gasteiger charge is -2.10. The lowest BCUT2D eigenvalue weighted by molar-refractivity contribution is 0.199. The van der Waals surface area contributed by atoms with E-state index in [1.54, 1.807) is 7.11 Å². The van der Waals surface area contributed by atoms with Crippen LogP contribution in [0.2, 0.25) is 0 Å². The SMILES string of the molecule is CCCC(C)n1ccc(CNCCOC)n1. The van der Waals surface area contributed by atoms with Gasteiger partial charge in [-0.25, -0.2) is 0 Å². The van der Waals surface area contributed by atoms with Gasteiger partial charge in [0, 0.05) is 32.4 Å². The number of hydrogen-bond donors (Lipinski definition) is 1. The molecule has 16 heavy (non-hydrogen) atoms. The first-order valence-electron chi connectivity index (χ1n) is 6.01. The molecule has 1 aromatic rings. The molecule has 0 aliphatic carbocycles. The van der Waals surface area contributed by atoms with Gasteiger partial charge in [-0.3, -0.25) is 4.68 Å². The van der Waals surface area contributed by atoms with Gasteiger partial charge in [-0.15, -0.1) is 0 Å². The molecule has 92 valence electrons. The maximum atomic E-state index is 4.97. The van der Waals surface area contributed by atoms with Crippen LogP contribution in [0, 0.1) is 0 Å². The summed E-state index contributed by atoms with van der Waals surface area (Å²) in [5.74, 6) is 0. The maximum absolute atomic E-state index is 4.97. The minimum absolute atomic E-state index is 0.498. The zero-order valence-corrected chi connectivity index (χ0v) is 10.6. The van der Waals surface area contributed by atoms with E-state index in [9.17, 15) is 0 Å². The summed E-state index contributed by atoms with van der Waals surface area (Å²) < 4.78 is 7.02. The van der Waals surface area contributed by atoms with Gasteiger partial charge in [0.1, 0.15) is 0 Å². The van der Waals surface area contributed by atoms with Crippen LogP contribution in [0.4, 0.5) is 0 Å². The van der Waals surface area contributed by atoms with E-state index in [-0.39, 0.29) is 0 Å². The predicted molar refractivity (Wildman–Crippen MR) is 65.4 cm³/mol. The van der Waals surface area contributed by atoms with Crippen molar-refractivity contribution in [3.8, 4) is 0 Å². The van der Waals surface area contributed by atoms with Crippen molar-refractivity contribution in [3.63, 3.8) is 0 Å². The van der Waals surface area contributed by atoms with Crippen molar-refractivity contribution in [3.05, 3.63) is 18.0 Å². The molecule has 1 unspecified atom stereocenters. The molecule has 0 saturated heterocycles. The highest BCUT2D eigenvalue weighted by Crippen LogP contribution is 2.11. The predicted octanol–water partition coefficient (Wildman–Crippen LogP) is 1.98. The summed E-state index contributed by atoms with van der Waals surface area (Å²) in [6.07, 6.45) is 4.44. The number of ether oxygens (including phenoxy) is 1. The van der Waals surface area contributed by atoms with Crippen molar-refractivity contribution in [2.24, 2.45) is 0 Å². The van der Waals surface area contributed by atoms with Gasteiger partial charge in [-0.1, -0.05) is 13.3 Å². The third-order valence-corrected chi connectivity index (χ3v) is 2.61. The number of methoxy groups -OCH3 is 1. The summed E-state index contributed by atoms with van der Waals surface area (Å²) in [4.78, 5) is 0. The molecule has 0 radical (unpaired) electrons. The Morgan fingerprint density at radius 3 is 3.06 bits per heavy atom. The number of hydrogen-bond acceptors (Lipinski definition) is 3. The molecule has 0 amide bonds.